The van der Waals surface area contributed by atoms with Crippen LogP contribution in [0.4, 0.5) is 0 Å². The van der Waals surface area contributed by atoms with E-state index >= 15 is 0 Å². The molecule has 0 spiro atoms. The fourth-order valence-corrected chi connectivity index (χ4v) is 3.03. The van der Waals surface area contributed by atoms with Crippen LogP contribution in [-0.2, 0) is 0 Å². The van der Waals surface area contributed by atoms with E-state index < -0.39 is 0 Å². The minimum absolute atomic E-state index is 0.00665. The predicted octanol–water partition coefficient (Wildman–Crippen LogP) is 4.27. The number of hydrogen-bond acceptors (Lipinski definition) is 4. The lowest BCUT2D eigenvalue weighted by Crippen LogP contribution is -1.79. The van der Waals surface area contributed by atoms with Gasteiger partial charge in [0, 0.05) is 0 Å². The number of hydrogen-bond donors (Lipinski definition) is 2. The molecule has 1 aromatic rings. The van der Waals surface area contributed by atoms with Crippen molar-refractivity contribution in [1.29, 1.82) is 0 Å². The number of aliphatic hydroxyl groups is 1. The van der Waals surface area contributed by atoms with E-state index in [1.807, 2.05) is 6.07 Å². The molecule has 0 fully saturated rings. The van der Waals surface area contributed by atoms with Crippen molar-refractivity contribution in [2.24, 2.45) is 0 Å². The van der Waals surface area contributed by atoms with Gasteiger partial charge in [-0.15, -0.1) is 0 Å². The zero-order chi connectivity index (χ0) is 12.0. The summed E-state index contributed by atoms with van der Waals surface area (Å²) in [6.45, 7) is 7.01. The minimum Gasteiger partial charge on any atom is -0.507 e. The second-order valence-corrected chi connectivity index (χ2v) is 5.06. The fourth-order valence-electron chi connectivity index (χ4n) is 0.897. The molecule has 16 heavy (non-hydrogen) atoms. The van der Waals surface area contributed by atoms with Gasteiger partial charge in [-0.05, 0) is 39.8 Å². The van der Waals surface area contributed by atoms with Gasteiger partial charge in [0.15, 0.2) is 0 Å². The van der Waals surface area contributed by atoms with Crippen molar-refractivity contribution >= 4 is 21.6 Å². The van der Waals surface area contributed by atoms with E-state index in [0.29, 0.717) is 4.91 Å². The Morgan fingerprint density at radius 2 is 2.00 bits per heavy atom. The minimum atomic E-state index is -0.00665. The summed E-state index contributed by atoms with van der Waals surface area (Å²) in [5, 5.41) is 18.8. The third kappa shape index (κ3) is 3.72. The van der Waals surface area contributed by atoms with Crippen molar-refractivity contribution in [3.05, 3.63) is 60.2 Å². The molecule has 0 atom stereocenters. The molecule has 0 unspecified atom stereocenters. The molecule has 0 amide bonds. The number of phenols is 1. The van der Waals surface area contributed by atoms with E-state index in [2.05, 4.69) is 13.2 Å². The molecule has 0 aliphatic heterocycles. The summed E-state index contributed by atoms with van der Waals surface area (Å²) in [5.74, 6) is 0.217. The van der Waals surface area contributed by atoms with Crippen LogP contribution < -0.4 is 0 Å². The zero-order valence-corrected chi connectivity index (χ0v) is 10.2. The molecule has 4 heteroatoms. The van der Waals surface area contributed by atoms with Crippen LogP contribution in [0.1, 0.15) is 0 Å². The van der Waals surface area contributed by atoms with Crippen molar-refractivity contribution in [2.75, 3.05) is 0 Å². The number of rotatable bonds is 5. The van der Waals surface area contributed by atoms with Crippen molar-refractivity contribution in [3.63, 3.8) is 0 Å². The summed E-state index contributed by atoms with van der Waals surface area (Å²) < 4.78 is 0. The van der Waals surface area contributed by atoms with Gasteiger partial charge >= 0.3 is 0 Å². The first-order chi connectivity index (χ1) is 7.65. The van der Waals surface area contributed by atoms with Crippen LogP contribution in [0.3, 0.4) is 0 Å². The van der Waals surface area contributed by atoms with E-state index in [0.717, 1.165) is 4.90 Å². The van der Waals surface area contributed by atoms with Crippen molar-refractivity contribution in [2.45, 2.75) is 4.90 Å². The topological polar surface area (TPSA) is 40.5 Å². The standard InChI is InChI=1S/C12H12O2S2/c1-3-6-11(9(2)13)15-16-12-8-5-4-7-10(12)14/h3-8,13-14H,1-2H2/b11-6+. The molecule has 0 aliphatic carbocycles. The number of aliphatic hydroxyl groups excluding tert-OH is 1. The largest absolute Gasteiger partial charge is 0.507 e. The maximum atomic E-state index is 9.53. The Morgan fingerprint density at radius 3 is 2.56 bits per heavy atom. The summed E-state index contributed by atoms with van der Waals surface area (Å²) in [7, 11) is 2.67. The summed E-state index contributed by atoms with van der Waals surface area (Å²) >= 11 is 0. The van der Waals surface area contributed by atoms with Gasteiger partial charge in [-0.3, -0.25) is 0 Å². The number of phenolic OH excluding ortho intramolecular Hbond substituents is 1. The van der Waals surface area contributed by atoms with Crippen LogP contribution in [0, 0.1) is 0 Å². The molecule has 84 valence electrons. The first-order valence-corrected chi connectivity index (χ1v) is 6.63. The average molecular weight is 252 g/mol. The lowest BCUT2D eigenvalue weighted by atomic mass is 10.3. The zero-order valence-electron chi connectivity index (χ0n) is 8.59. The van der Waals surface area contributed by atoms with E-state index in [4.69, 9.17) is 0 Å². The Kier molecular flexibility index (Phi) is 5.08. The highest BCUT2D eigenvalue weighted by Crippen LogP contribution is 2.42. The Balaban J connectivity index is 2.70. The normalized spacial score (nSPS) is 11.1. The van der Waals surface area contributed by atoms with Crippen molar-refractivity contribution < 1.29 is 10.2 Å². The first-order valence-electron chi connectivity index (χ1n) is 4.48. The molecule has 0 aromatic heterocycles. The SMILES string of the molecule is C=C/C=C(/SSc1ccccc1O)C(=C)O. The number of aromatic hydroxyl groups is 1. The maximum Gasteiger partial charge on any atom is 0.130 e. The molecule has 1 rings (SSSR count). The van der Waals surface area contributed by atoms with E-state index in [-0.39, 0.29) is 11.5 Å². The third-order valence-electron chi connectivity index (χ3n) is 1.64. The smallest absolute Gasteiger partial charge is 0.130 e. The molecule has 0 bridgehead atoms. The first kappa shape index (κ1) is 12.8. The third-order valence-corrected chi connectivity index (χ3v) is 4.13. The van der Waals surface area contributed by atoms with Gasteiger partial charge in [0.25, 0.3) is 0 Å². The molecule has 2 N–H and O–H groups in total. The predicted molar refractivity (Wildman–Crippen MR) is 71.6 cm³/mol. The molecular formula is C12H12O2S2. The fraction of sp³-hybridized carbons (Fsp3) is 0. The quantitative estimate of drug-likeness (QED) is 0.466. The van der Waals surface area contributed by atoms with Crippen LogP contribution in [0.15, 0.2) is 65.1 Å². The summed E-state index contributed by atoms with van der Waals surface area (Å²) in [6, 6.07) is 7.02. The van der Waals surface area contributed by atoms with E-state index in [1.54, 1.807) is 30.4 Å². The molecule has 0 radical (unpaired) electrons. The molecular weight excluding hydrogens is 240 g/mol. The second kappa shape index (κ2) is 6.35. The molecule has 1 aromatic carbocycles. The highest BCUT2D eigenvalue weighted by Gasteiger charge is 2.05. The van der Waals surface area contributed by atoms with E-state index in [9.17, 15) is 10.2 Å². The molecule has 0 aliphatic rings. The van der Waals surface area contributed by atoms with Gasteiger partial charge < -0.3 is 10.2 Å². The van der Waals surface area contributed by atoms with Crippen LogP contribution in [0.2, 0.25) is 0 Å². The Morgan fingerprint density at radius 1 is 1.31 bits per heavy atom. The van der Waals surface area contributed by atoms with Gasteiger partial charge in [0.05, 0.1) is 9.80 Å². The number of benzene rings is 1. The lowest BCUT2D eigenvalue weighted by Gasteiger charge is -2.05. The van der Waals surface area contributed by atoms with Gasteiger partial charge in [-0.25, -0.2) is 0 Å². The Hall–Kier alpha value is -1.26. The maximum absolute atomic E-state index is 9.53. The average Bonchev–Trinajstić information content (AvgIpc) is 2.26. The summed E-state index contributed by atoms with van der Waals surface area (Å²) in [6.07, 6.45) is 3.25. The Labute approximate surface area is 103 Å². The monoisotopic (exact) mass is 252 g/mol. The molecule has 0 heterocycles. The second-order valence-electron chi connectivity index (χ2n) is 2.85. The van der Waals surface area contributed by atoms with Crippen LogP contribution >= 0.6 is 21.6 Å². The van der Waals surface area contributed by atoms with Crippen molar-refractivity contribution in [3.8, 4) is 5.75 Å². The van der Waals surface area contributed by atoms with Gasteiger partial charge in [0.2, 0.25) is 0 Å². The summed E-state index contributed by atoms with van der Waals surface area (Å²) in [4.78, 5) is 1.35. The number of allylic oxidation sites excluding steroid dienone is 2. The van der Waals surface area contributed by atoms with Gasteiger partial charge in [-0.2, -0.15) is 0 Å². The van der Waals surface area contributed by atoms with Crippen LogP contribution in [0.25, 0.3) is 0 Å². The van der Waals surface area contributed by atoms with Gasteiger partial charge in [-0.1, -0.05) is 31.4 Å². The molecule has 0 saturated heterocycles. The molecule has 0 saturated carbocycles. The Bertz CT molecular complexity index is 425. The van der Waals surface area contributed by atoms with Gasteiger partial charge in [0.1, 0.15) is 11.5 Å². The van der Waals surface area contributed by atoms with Crippen molar-refractivity contribution in [1.82, 2.24) is 0 Å². The van der Waals surface area contributed by atoms with Crippen LogP contribution in [-0.4, -0.2) is 10.2 Å². The van der Waals surface area contributed by atoms with Crippen LogP contribution in [0.5, 0.6) is 5.75 Å². The van der Waals surface area contributed by atoms with E-state index in [1.165, 1.54) is 21.6 Å². The number of para-hydroxylation sites is 1. The lowest BCUT2D eigenvalue weighted by molar-refractivity contribution is 0.433. The highest BCUT2D eigenvalue weighted by atomic mass is 33.1. The summed E-state index contributed by atoms with van der Waals surface area (Å²) in [5.41, 5.74) is 0. The highest BCUT2D eigenvalue weighted by molar-refractivity contribution is 8.78. The molecule has 2 nitrogen and oxygen atoms in total.